The molecule has 6 nitrogen and oxygen atoms in total. The molecule has 0 bridgehead atoms. The van der Waals surface area contributed by atoms with Gasteiger partial charge in [0, 0.05) is 12.3 Å². The van der Waals surface area contributed by atoms with E-state index in [1.165, 1.54) is 29.2 Å². The van der Waals surface area contributed by atoms with Crippen molar-refractivity contribution < 1.29 is 49.0 Å². The van der Waals surface area contributed by atoms with Crippen LogP contribution in [0.2, 0.25) is 0 Å². The Morgan fingerprint density at radius 1 is 1.52 bits per heavy atom. The first-order valence-electron chi connectivity index (χ1n) is 5.74. The summed E-state index contributed by atoms with van der Waals surface area (Å²) in [6, 6.07) is 3.47. The molecule has 1 saturated heterocycles. The van der Waals surface area contributed by atoms with Crippen LogP contribution in [0.15, 0.2) is 35.0 Å². The van der Waals surface area contributed by atoms with E-state index in [1.807, 2.05) is 0 Å². The molecule has 0 N–H and O–H groups in total. The topological polar surface area (TPSA) is 82.6 Å². The van der Waals surface area contributed by atoms with Crippen LogP contribution in [0.1, 0.15) is 5.56 Å². The Kier molecular flexibility index (Phi) is 4.77. The van der Waals surface area contributed by atoms with Crippen molar-refractivity contribution in [3.63, 3.8) is 0 Å². The molecule has 0 unspecified atom stereocenters. The van der Waals surface area contributed by atoms with Gasteiger partial charge in [-0.2, -0.15) is 0 Å². The summed E-state index contributed by atoms with van der Waals surface area (Å²) in [5.74, 6) is -1.16. The third-order valence-corrected chi connectivity index (χ3v) is 4.12. The predicted molar refractivity (Wildman–Crippen MR) is 70.1 cm³/mol. The molecule has 1 fully saturated rings. The molecule has 2 aliphatic heterocycles. The summed E-state index contributed by atoms with van der Waals surface area (Å²) in [5.41, 5.74) is 1.24. The number of carbonyl (C=O) groups excluding carboxylic acids is 2. The average molecular weight is 312 g/mol. The van der Waals surface area contributed by atoms with E-state index < -0.39 is 5.97 Å². The van der Waals surface area contributed by atoms with Crippen LogP contribution >= 0.6 is 11.8 Å². The molecule has 8 heteroatoms. The number of hydrogen-bond acceptors (Lipinski definition) is 6. The van der Waals surface area contributed by atoms with E-state index in [9.17, 15) is 14.7 Å². The minimum absolute atomic E-state index is 0. The second kappa shape index (κ2) is 6.23. The van der Waals surface area contributed by atoms with Crippen LogP contribution < -0.4 is 39.4 Å². The van der Waals surface area contributed by atoms with E-state index in [0.717, 1.165) is 5.56 Å². The molecule has 1 amide bonds. The van der Waals surface area contributed by atoms with Crippen LogP contribution in [0.5, 0.6) is 5.88 Å². The second-order valence-corrected chi connectivity index (χ2v) is 5.14. The predicted octanol–water partition coefficient (Wildman–Crippen LogP) is -3.02. The molecule has 0 radical (unpaired) electrons. The number of ether oxygens (including phenoxy) is 1. The van der Waals surface area contributed by atoms with E-state index in [1.54, 1.807) is 24.4 Å². The molecule has 0 aromatic carbocycles. The number of carboxylic acids is 1. The van der Waals surface area contributed by atoms with Crippen molar-refractivity contribution in [3.05, 3.63) is 40.6 Å². The van der Waals surface area contributed by atoms with Crippen LogP contribution in [0.3, 0.4) is 0 Å². The van der Waals surface area contributed by atoms with Crippen LogP contribution in [-0.2, 0) is 9.59 Å². The fraction of sp³-hybridized carbons (Fsp3) is 0.154. The van der Waals surface area contributed by atoms with Gasteiger partial charge in [-0.25, -0.2) is 4.98 Å². The Morgan fingerprint density at radius 3 is 2.86 bits per heavy atom. The van der Waals surface area contributed by atoms with Crippen molar-refractivity contribution in [1.29, 1.82) is 0 Å². The van der Waals surface area contributed by atoms with Crippen molar-refractivity contribution >= 4 is 29.7 Å². The molecule has 21 heavy (non-hydrogen) atoms. The molecule has 1 atom stereocenters. The Balaban J connectivity index is 0.00000161. The summed E-state index contributed by atoms with van der Waals surface area (Å²) < 4.78 is 4.95. The van der Waals surface area contributed by atoms with E-state index in [0.29, 0.717) is 11.5 Å². The number of hydrogen-bond donors (Lipinski definition) is 0. The molecule has 3 rings (SSSR count). The zero-order valence-electron chi connectivity index (χ0n) is 11.4. The average Bonchev–Trinajstić information content (AvgIpc) is 2.86. The van der Waals surface area contributed by atoms with Crippen LogP contribution in [-0.4, -0.2) is 34.2 Å². The van der Waals surface area contributed by atoms with Gasteiger partial charge in [0.2, 0.25) is 5.88 Å². The van der Waals surface area contributed by atoms with Crippen molar-refractivity contribution in [2.45, 2.75) is 5.37 Å². The van der Waals surface area contributed by atoms with E-state index in [4.69, 9.17) is 4.74 Å². The summed E-state index contributed by atoms with van der Waals surface area (Å²) in [5, 5.41) is 12.0. The van der Waals surface area contributed by atoms with Gasteiger partial charge in [0.25, 0.3) is 5.91 Å². The number of nitrogens with zero attached hydrogens (tertiary/aromatic N) is 2. The number of pyridine rings is 1. The maximum Gasteiger partial charge on any atom is 1.00 e. The molecule has 3 heterocycles. The SMILES string of the molecule is COc1ccc(C=C2C(=O)N3C(C(=O)[O-])=CS[C@@H]23)cn1.[Na+]. The fourth-order valence-corrected chi connectivity index (χ4v) is 3.15. The summed E-state index contributed by atoms with van der Waals surface area (Å²) >= 11 is 1.28. The molecular formula is C13H9N2NaO4S. The number of amides is 1. The van der Waals surface area contributed by atoms with Gasteiger partial charge in [-0.15, -0.1) is 11.8 Å². The van der Waals surface area contributed by atoms with Crippen molar-refractivity contribution in [2.75, 3.05) is 7.11 Å². The first-order chi connectivity index (χ1) is 9.61. The van der Waals surface area contributed by atoms with Crippen LogP contribution in [0.25, 0.3) is 6.08 Å². The summed E-state index contributed by atoms with van der Waals surface area (Å²) in [4.78, 5) is 28.1. The molecule has 1 aromatic rings. The minimum Gasteiger partial charge on any atom is -0.543 e. The summed E-state index contributed by atoms with van der Waals surface area (Å²) in [6.45, 7) is 0. The molecule has 1 aromatic heterocycles. The van der Waals surface area contributed by atoms with Gasteiger partial charge < -0.3 is 14.6 Å². The number of aromatic nitrogens is 1. The Hall–Kier alpha value is -1.28. The number of methoxy groups -OCH3 is 1. The smallest absolute Gasteiger partial charge is 0.543 e. The first-order valence-corrected chi connectivity index (χ1v) is 6.68. The van der Waals surface area contributed by atoms with Gasteiger partial charge in [-0.05, 0) is 23.1 Å². The molecule has 0 saturated carbocycles. The third kappa shape index (κ3) is 2.74. The van der Waals surface area contributed by atoms with Gasteiger partial charge in [0.05, 0.1) is 24.3 Å². The quantitative estimate of drug-likeness (QED) is 0.336. The number of β-lactam (4-membered cyclic amide) rings is 1. The standard InChI is InChI=1S/C13H10N2O4S.Na/c1-19-10-3-2-7(5-14-10)4-8-11(16)15-9(13(17)18)6-20-12(8)15;/h2-6,12H,1H3,(H,17,18);/q;+1/p-1/t12-;/m0./s1. The minimum atomic E-state index is -1.33. The molecule has 0 aliphatic carbocycles. The Bertz CT molecular complexity index is 657. The fourth-order valence-electron chi connectivity index (χ4n) is 2.04. The third-order valence-electron chi connectivity index (χ3n) is 3.03. The van der Waals surface area contributed by atoms with Gasteiger partial charge in [-0.1, -0.05) is 0 Å². The maximum absolute atomic E-state index is 12.0. The second-order valence-electron chi connectivity index (χ2n) is 4.19. The summed E-state index contributed by atoms with van der Waals surface area (Å²) in [6.07, 6.45) is 3.30. The largest absolute Gasteiger partial charge is 1.00 e. The first kappa shape index (κ1) is 16.1. The number of carbonyl (C=O) groups is 2. The summed E-state index contributed by atoms with van der Waals surface area (Å²) in [7, 11) is 1.52. The van der Waals surface area contributed by atoms with Crippen molar-refractivity contribution in [2.24, 2.45) is 0 Å². The number of aliphatic carboxylic acids is 1. The number of rotatable bonds is 3. The Labute approximate surface area is 147 Å². The van der Waals surface area contributed by atoms with Crippen molar-refractivity contribution in [3.8, 4) is 5.88 Å². The molecular weight excluding hydrogens is 303 g/mol. The number of carboxylic acid groups (broad SMARTS) is 1. The maximum atomic E-state index is 12.0. The zero-order valence-corrected chi connectivity index (χ0v) is 14.2. The van der Waals surface area contributed by atoms with Gasteiger partial charge in [0.15, 0.2) is 0 Å². The van der Waals surface area contributed by atoms with Gasteiger partial charge >= 0.3 is 29.6 Å². The molecule has 0 spiro atoms. The molecule has 102 valence electrons. The van der Waals surface area contributed by atoms with Gasteiger partial charge in [0.1, 0.15) is 5.37 Å². The van der Waals surface area contributed by atoms with E-state index >= 15 is 0 Å². The van der Waals surface area contributed by atoms with E-state index in [2.05, 4.69) is 4.98 Å². The van der Waals surface area contributed by atoms with E-state index in [-0.39, 0.29) is 46.5 Å². The molecule has 2 aliphatic rings. The van der Waals surface area contributed by atoms with Crippen LogP contribution in [0, 0.1) is 0 Å². The number of thioether (sulfide) groups is 1. The monoisotopic (exact) mass is 312 g/mol. The van der Waals surface area contributed by atoms with Gasteiger partial charge in [-0.3, -0.25) is 9.69 Å². The Morgan fingerprint density at radius 2 is 2.29 bits per heavy atom. The van der Waals surface area contributed by atoms with Crippen LogP contribution in [0.4, 0.5) is 0 Å². The van der Waals surface area contributed by atoms with Crippen molar-refractivity contribution in [1.82, 2.24) is 9.88 Å². The normalized spacial score (nSPS) is 21.3. The zero-order chi connectivity index (χ0) is 14.3. The number of fused-ring (bicyclic) bond motifs is 1.